The molecule has 1 N–H and O–H groups in total. The molecule has 1 fully saturated rings. The number of nitrogens with one attached hydrogen (secondary N) is 1. The first-order chi connectivity index (χ1) is 10.3. The van der Waals surface area contributed by atoms with Crippen LogP contribution in [0.3, 0.4) is 0 Å². The highest BCUT2D eigenvalue weighted by Gasteiger charge is 2.33. The van der Waals surface area contributed by atoms with Crippen molar-refractivity contribution < 1.29 is 9.13 Å². The van der Waals surface area contributed by atoms with Crippen LogP contribution >= 0.6 is 0 Å². The number of pyridine rings is 1. The lowest BCUT2D eigenvalue weighted by Crippen LogP contribution is -2.40. The molecule has 0 saturated heterocycles. The van der Waals surface area contributed by atoms with E-state index < -0.39 is 0 Å². The molecule has 1 saturated carbocycles. The average Bonchev–Trinajstić information content (AvgIpc) is 2.52. The maximum Gasteiger partial charge on any atom is 0.146 e. The normalized spacial score (nSPS) is 19.4. The Kier molecular flexibility index (Phi) is 6.58. The average molecular weight is 294 g/mol. The van der Waals surface area contributed by atoms with E-state index in [1.807, 2.05) is 6.92 Å². The molecule has 1 aliphatic carbocycles. The number of likely N-dealkylation sites (N-methyl/N-ethyl adjacent to an activating group) is 1. The van der Waals surface area contributed by atoms with Gasteiger partial charge in [0.25, 0.3) is 0 Å². The van der Waals surface area contributed by atoms with Crippen molar-refractivity contribution in [2.75, 3.05) is 13.2 Å². The highest BCUT2D eigenvalue weighted by Crippen LogP contribution is 2.35. The van der Waals surface area contributed by atoms with Gasteiger partial charge in [0.1, 0.15) is 5.82 Å². The molecule has 0 amide bonds. The molecule has 0 aliphatic heterocycles. The third kappa shape index (κ3) is 4.24. The predicted octanol–water partition coefficient (Wildman–Crippen LogP) is 3.86. The zero-order valence-electron chi connectivity index (χ0n) is 13.1. The molecule has 21 heavy (non-hydrogen) atoms. The van der Waals surface area contributed by atoms with E-state index in [0.29, 0.717) is 18.1 Å². The number of rotatable bonds is 7. The fourth-order valence-corrected chi connectivity index (χ4v) is 3.42. The second kappa shape index (κ2) is 8.44. The molecule has 1 aliphatic rings. The summed E-state index contributed by atoms with van der Waals surface area (Å²) in [6.45, 7) is 5.52. The molecule has 2 rings (SSSR count). The van der Waals surface area contributed by atoms with E-state index in [-0.39, 0.29) is 18.0 Å². The second-order valence-corrected chi connectivity index (χ2v) is 5.75. The van der Waals surface area contributed by atoms with Crippen molar-refractivity contribution >= 4 is 0 Å². The highest BCUT2D eigenvalue weighted by molar-refractivity contribution is 5.19. The lowest BCUT2D eigenvalue weighted by molar-refractivity contribution is -0.0187. The summed E-state index contributed by atoms with van der Waals surface area (Å²) in [7, 11) is 0. The Hall–Kier alpha value is -1.00. The molecule has 2 unspecified atom stereocenters. The summed E-state index contributed by atoms with van der Waals surface area (Å²) in [4.78, 5) is 3.86. The van der Waals surface area contributed by atoms with Gasteiger partial charge in [-0.25, -0.2) is 4.39 Å². The molecule has 1 heterocycles. The molecular weight excluding hydrogens is 267 g/mol. The van der Waals surface area contributed by atoms with Crippen molar-refractivity contribution in [2.24, 2.45) is 5.92 Å². The smallest absolute Gasteiger partial charge is 0.146 e. The summed E-state index contributed by atoms with van der Waals surface area (Å²) < 4.78 is 20.2. The van der Waals surface area contributed by atoms with Crippen molar-refractivity contribution in [3.8, 4) is 0 Å². The van der Waals surface area contributed by atoms with Gasteiger partial charge in [0.05, 0.1) is 18.3 Å². The van der Waals surface area contributed by atoms with E-state index in [0.717, 1.165) is 6.54 Å². The lowest BCUT2D eigenvalue weighted by Gasteiger charge is -2.36. The summed E-state index contributed by atoms with van der Waals surface area (Å²) >= 11 is 0. The van der Waals surface area contributed by atoms with Gasteiger partial charge >= 0.3 is 0 Å². The molecule has 1 aromatic rings. The van der Waals surface area contributed by atoms with Crippen molar-refractivity contribution in [3.63, 3.8) is 0 Å². The number of nitrogens with zero attached hydrogens (tertiary/aromatic N) is 1. The van der Waals surface area contributed by atoms with Gasteiger partial charge in [0.15, 0.2) is 0 Å². The SMILES string of the molecule is CCNC(c1ccncc1F)C(OCC)C1CCCCC1. The number of ether oxygens (including phenoxy) is 1. The van der Waals surface area contributed by atoms with Crippen molar-refractivity contribution in [1.29, 1.82) is 0 Å². The van der Waals surface area contributed by atoms with Gasteiger partial charge < -0.3 is 10.1 Å². The van der Waals surface area contributed by atoms with Crippen LogP contribution < -0.4 is 5.32 Å². The zero-order chi connectivity index (χ0) is 15.1. The van der Waals surface area contributed by atoms with Gasteiger partial charge in [-0.15, -0.1) is 0 Å². The molecule has 4 heteroatoms. The molecule has 0 spiro atoms. The largest absolute Gasteiger partial charge is 0.376 e. The van der Waals surface area contributed by atoms with Crippen LogP contribution in [0.25, 0.3) is 0 Å². The molecule has 118 valence electrons. The molecule has 2 atom stereocenters. The summed E-state index contributed by atoms with van der Waals surface area (Å²) in [6, 6.07) is 1.68. The molecule has 0 aromatic carbocycles. The molecular formula is C17H27FN2O. The Bertz CT molecular complexity index is 421. The first-order valence-electron chi connectivity index (χ1n) is 8.22. The molecule has 0 bridgehead atoms. The maximum atomic E-state index is 14.2. The Morgan fingerprint density at radius 1 is 1.33 bits per heavy atom. The van der Waals surface area contributed by atoms with Crippen LogP contribution in [-0.4, -0.2) is 24.2 Å². The van der Waals surface area contributed by atoms with Gasteiger partial charge in [0.2, 0.25) is 0 Å². The van der Waals surface area contributed by atoms with Crippen molar-refractivity contribution in [2.45, 2.75) is 58.1 Å². The minimum atomic E-state index is -0.246. The van der Waals surface area contributed by atoms with Crippen LogP contribution in [0.5, 0.6) is 0 Å². The third-order valence-electron chi connectivity index (χ3n) is 4.37. The van der Waals surface area contributed by atoms with E-state index in [2.05, 4.69) is 17.2 Å². The molecule has 0 radical (unpaired) electrons. The highest BCUT2D eigenvalue weighted by atomic mass is 19.1. The first-order valence-corrected chi connectivity index (χ1v) is 8.22. The zero-order valence-corrected chi connectivity index (χ0v) is 13.1. The Labute approximate surface area is 127 Å². The summed E-state index contributed by atoms with van der Waals surface area (Å²) in [5.74, 6) is 0.263. The van der Waals surface area contributed by atoms with Crippen LogP contribution in [0.2, 0.25) is 0 Å². The second-order valence-electron chi connectivity index (χ2n) is 5.75. The van der Waals surface area contributed by atoms with Gasteiger partial charge in [-0.2, -0.15) is 0 Å². The van der Waals surface area contributed by atoms with E-state index in [1.54, 1.807) is 12.3 Å². The van der Waals surface area contributed by atoms with Crippen LogP contribution in [0.1, 0.15) is 57.6 Å². The number of hydrogen-bond donors (Lipinski definition) is 1. The Morgan fingerprint density at radius 3 is 2.71 bits per heavy atom. The standard InChI is InChI=1S/C17H27FN2O/c1-3-20-16(14-10-11-19-12-15(14)18)17(21-4-2)13-8-6-5-7-9-13/h10-13,16-17,20H,3-9H2,1-2H3. The van der Waals surface area contributed by atoms with Crippen LogP contribution in [0.4, 0.5) is 4.39 Å². The van der Waals surface area contributed by atoms with E-state index in [9.17, 15) is 4.39 Å². The summed E-state index contributed by atoms with van der Waals surface area (Å²) in [5, 5.41) is 3.43. The van der Waals surface area contributed by atoms with Crippen LogP contribution in [0.15, 0.2) is 18.5 Å². The maximum absolute atomic E-state index is 14.2. The Balaban J connectivity index is 2.25. The van der Waals surface area contributed by atoms with Gasteiger partial charge in [0, 0.05) is 18.4 Å². The summed E-state index contributed by atoms with van der Waals surface area (Å²) in [5.41, 5.74) is 0.677. The van der Waals surface area contributed by atoms with Crippen LogP contribution in [0, 0.1) is 11.7 Å². The minimum absolute atomic E-state index is 0.0344. The topological polar surface area (TPSA) is 34.2 Å². The fraction of sp³-hybridized carbons (Fsp3) is 0.706. The van der Waals surface area contributed by atoms with E-state index in [4.69, 9.17) is 4.74 Å². The molecule has 1 aromatic heterocycles. The van der Waals surface area contributed by atoms with Gasteiger partial charge in [-0.05, 0) is 38.3 Å². The van der Waals surface area contributed by atoms with Crippen molar-refractivity contribution in [3.05, 3.63) is 29.8 Å². The fourth-order valence-electron chi connectivity index (χ4n) is 3.42. The quantitative estimate of drug-likeness (QED) is 0.829. The first kappa shape index (κ1) is 16.4. The predicted molar refractivity (Wildman–Crippen MR) is 82.6 cm³/mol. The number of hydrogen-bond acceptors (Lipinski definition) is 3. The Morgan fingerprint density at radius 2 is 2.10 bits per heavy atom. The monoisotopic (exact) mass is 294 g/mol. The molecule has 3 nitrogen and oxygen atoms in total. The summed E-state index contributed by atoms with van der Waals surface area (Å²) in [6.07, 6.45) is 9.17. The third-order valence-corrected chi connectivity index (χ3v) is 4.37. The van der Waals surface area contributed by atoms with E-state index in [1.165, 1.54) is 38.3 Å². The lowest BCUT2D eigenvalue weighted by atomic mass is 9.81. The van der Waals surface area contributed by atoms with Gasteiger partial charge in [-0.3, -0.25) is 4.98 Å². The van der Waals surface area contributed by atoms with E-state index >= 15 is 0 Å². The van der Waals surface area contributed by atoms with Crippen molar-refractivity contribution in [1.82, 2.24) is 10.3 Å². The van der Waals surface area contributed by atoms with Gasteiger partial charge in [-0.1, -0.05) is 26.2 Å². The van der Waals surface area contributed by atoms with Crippen LogP contribution in [-0.2, 0) is 4.74 Å². The number of aromatic nitrogens is 1. The number of halogens is 1. The minimum Gasteiger partial charge on any atom is -0.376 e.